The molecule has 2 heterocycles. The Hall–Kier alpha value is -1.81. The van der Waals surface area contributed by atoms with Crippen molar-refractivity contribution in [2.75, 3.05) is 0 Å². The average Bonchev–Trinajstić information content (AvgIpc) is 2.93. The van der Waals surface area contributed by atoms with Gasteiger partial charge in [-0.25, -0.2) is 0 Å². The number of halogens is 1. The lowest BCUT2D eigenvalue weighted by Gasteiger charge is -1.89. The van der Waals surface area contributed by atoms with Crippen molar-refractivity contribution in [1.82, 2.24) is 15.2 Å². The van der Waals surface area contributed by atoms with Crippen LogP contribution in [0.4, 0.5) is 0 Å². The van der Waals surface area contributed by atoms with Crippen LogP contribution in [0.5, 0.6) is 0 Å². The number of aryl methyl sites for hydroxylation is 1. The third-order valence-corrected chi connectivity index (χ3v) is 2.82. The van der Waals surface area contributed by atoms with Crippen LogP contribution < -0.4 is 0 Å². The highest BCUT2D eigenvalue weighted by molar-refractivity contribution is 6.31. The highest BCUT2D eigenvalue weighted by atomic mass is 35.5. The highest BCUT2D eigenvalue weighted by Crippen LogP contribution is 2.25. The van der Waals surface area contributed by atoms with E-state index in [9.17, 15) is 0 Å². The van der Waals surface area contributed by atoms with E-state index in [1.807, 2.05) is 31.2 Å². The lowest BCUT2D eigenvalue weighted by molar-refractivity contribution is 0.511. The third-order valence-electron chi connectivity index (χ3n) is 2.58. The number of hydrogen-bond donors (Lipinski definition) is 1. The van der Waals surface area contributed by atoms with E-state index in [4.69, 9.17) is 16.0 Å². The predicted octanol–water partition coefficient (Wildman–Crippen LogP) is 3.43. The summed E-state index contributed by atoms with van der Waals surface area (Å²) < 4.78 is 5.49. The zero-order valence-electron chi connectivity index (χ0n) is 9.20. The van der Waals surface area contributed by atoms with E-state index in [0.717, 1.165) is 23.0 Å². The maximum atomic E-state index is 5.94. The van der Waals surface area contributed by atoms with Gasteiger partial charge in [0.2, 0.25) is 5.89 Å². The molecule has 0 spiro atoms. The number of H-pyrrole nitrogens is 1. The molecule has 0 aliphatic rings. The number of fused-ring (bicyclic) bond motifs is 1. The second kappa shape index (κ2) is 3.89. The summed E-state index contributed by atoms with van der Waals surface area (Å²) >= 11 is 5.94. The number of aromatic nitrogens is 3. The predicted molar refractivity (Wildman–Crippen MR) is 66.0 cm³/mol. The van der Waals surface area contributed by atoms with Gasteiger partial charge in [0.05, 0.1) is 0 Å². The zero-order valence-corrected chi connectivity index (χ0v) is 9.95. The molecule has 0 bridgehead atoms. The summed E-state index contributed by atoms with van der Waals surface area (Å²) in [5.74, 6) is 1.14. The molecule has 0 saturated carbocycles. The number of rotatable bonds is 2. The van der Waals surface area contributed by atoms with E-state index in [-0.39, 0.29) is 0 Å². The molecule has 0 aliphatic carbocycles. The minimum atomic E-state index is 0.508. The largest absolute Gasteiger partial charge is 0.419 e. The summed E-state index contributed by atoms with van der Waals surface area (Å²) in [6.07, 6.45) is 0.735. The first-order valence-corrected chi connectivity index (χ1v) is 5.75. The zero-order chi connectivity index (χ0) is 11.8. The van der Waals surface area contributed by atoms with Crippen LogP contribution in [0, 0.1) is 0 Å². The summed E-state index contributed by atoms with van der Waals surface area (Å²) in [5.41, 5.74) is 1.81. The van der Waals surface area contributed by atoms with Crippen molar-refractivity contribution >= 4 is 22.5 Å². The molecule has 86 valence electrons. The van der Waals surface area contributed by atoms with Gasteiger partial charge in [-0.3, -0.25) is 0 Å². The lowest BCUT2D eigenvalue weighted by Crippen LogP contribution is -1.76. The van der Waals surface area contributed by atoms with Crippen LogP contribution >= 0.6 is 11.6 Å². The van der Waals surface area contributed by atoms with Crippen LogP contribution in [0.2, 0.25) is 5.02 Å². The first-order valence-electron chi connectivity index (χ1n) is 5.37. The molecule has 0 radical (unpaired) electrons. The van der Waals surface area contributed by atoms with Crippen molar-refractivity contribution in [2.24, 2.45) is 0 Å². The maximum absolute atomic E-state index is 5.94. The molecule has 4 nitrogen and oxygen atoms in total. The smallest absolute Gasteiger partial charge is 0.264 e. The minimum absolute atomic E-state index is 0.508. The fourth-order valence-corrected chi connectivity index (χ4v) is 1.90. The normalized spacial score (nSPS) is 11.2. The van der Waals surface area contributed by atoms with Crippen molar-refractivity contribution in [3.8, 4) is 11.6 Å². The highest BCUT2D eigenvalue weighted by Gasteiger charge is 2.10. The third kappa shape index (κ3) is 1.80. The van der Waals surface area contributed by atoms with Gasteiger partial charge >= 0.3 is 0 Å². The molecule has 0 saturated heterocycles. The van der Waals surface area contributed by atoms with Gasteiger partial charge in [-0.2, -0.15) is 0 Å². The number of hydrogen-bond acceptors (Lipinski definition) is 3. The van der Waals surface area contributed by atoms with Gasteiger partial charge in [0.15, 0.2) is 0 Å². The molecular weight excluding hydrogens is 238 g/mol. The average molecular weight is 248 g/mol. The van der Waals surface area contributed by atoms with Gasteiger partial charge in [0, 0.05) is 22.3 Å². The van der Waals surface area contributed by atoms with E-state index in [1.165, 1.54) is 0 Å². The van der Waals surface area contributed by atoms with E-state index < -0.39 is 0 Å². The molecule has 1 N–H and O–H groups in total. The maximum Gasteiger partial charge on any atom is 0.264 e. The number of benzene rings is 1. The molecule has 2 aromatic heterocycles. The van der Waals surface area contributed by atoms with E-state index in [1.54, 1.807) is 0 Å². The topological polar surface area (TPSA) is 54.7 Å². The Morgan fingerprint density at radius 1 is 1.29 bits per heavy atom. The SMILES string of the molecule is CCc1nnc(-c2cc3cc(Cl)ccc3[nH]2)o1. The monoisotopic (exact) mass is 247 g/mol. The van der Waals surface area contributed by atoms with Gasteiger partial charge in [0.1, 0.15) is 5.69 Å². The first kappa shape index (κ1) is 10.4. The minimum Gasteiger partial charge on any atom is -0.419 e. The molecular formula is C12H10ClN3O. The lowest BCUT2D eigenvalue weighted by atomic mass is 10.2. The van der Waals surface area contributed by atoms with Crippen LogP contribution in [0.1, 0.15) is 12.8 Å². The van der Waals surface area contributed by atoms with Crippen molar-refractivity contribution in [3.63, 3.8) is 0 Å². The molecule has 3 aromatic rings. The van der Waals surface area contributed by atoms with Gasteiger partial charge in [-0.05, 0) is 24.3 Å². The van der Waals surface area contributed by atoms with Gasteiger partial charge in [-0.1, -0.05) is 18.5 Å². The molecule has 0 unspecified atom stereocenters. The van der Waals surface area contributed by atoms with Crippen LogP contribution in [0.3, 0.4) is 0 Å². The van der Waals surface area contributed by atoms with E-state index in [0.29, 0.717) is 16.8 Å². The number of nitrogens with one attached hydrogen (secondary N) is 1. The summed E-state index contributed by atoms with van der Waals surface area (Å²) in [6.45, 7) is 1.97. The van der Waals surface area contributed by atoms with Crippen molar-refractivity contribution in [1.29, 1.82) is 0 Å². The Kier molecular flexibility index (Phi) is 2.37. The second-order valence-electron chi connectivity index (χ2n) is 3.77. The summed E-state index contributed by atoms with van der Waals surface area (Å²) in [7, 11) is 0. The van der Waals surface area contributed by atoms with E-state index in [2.05, 4.69) is 15.2 Å². The quantitative estimate of drug-likeness (QED) is 0.755. The first-order chi connectivity index (χ1) is 8.26. The van der Waals surface area contributed by atoms with Crippen LogP contribution in [0.15, 0.2) is 28.7 Å². The van der Waals surface area contributed by atoms with Crippen molar-refractivity contribution < 1.29 is 4.42 Å². The van der Waals surface area contributed by atoms with Crippen molar-refractivity contribution in [3.05, 3.63) is 35.2 Å². The fraction of sp³-hybridized carbons (Fsp3) is 0.167. The number of nitrogens with zero attached hydrogens (tertiary/aromatic N) is 2. The van der Waals surface area contributed by atoms with Gasteiger partial charge in [0.25, 0.3) is 5.89 Å². The van der Waals surface area contributed by atoms with Crippen molar-refractivity contribution in [2.45, 2.75) is 13.3 Å². The molecule has 1 aromatic carbocycles. The van der Waals surface area contributed by atoms with Gasteiger partial charge < -0.3 is 9.40 Å². The summed E-state index contributed by atoms with van der Waals surface area (Å²) in [6, 6.07) is 7.62. The molecule has 0 aliphatic heterocycles. The Labute approximate surface area is 103 Å². The summed E-state index contributed by atoms with van der Waals surface area (Å²) in [5, 5.41) is 9.67. The Bertz CT molecular complexity index is 671. The molecule has 0 amide bonds. The van der Waals surface area contributed by atoms with Crippen LogP contribution in [0.25, 0.3) is 22.5 Å². The number of aromatic amines is 1. The molecule has 5 heteroatoms. The van der Waals surface area contributed by atoms with Crippen LogP contribution in [-0.2, 0) is 6.42 Å². The van der Waals surface area contributed by atoms with E-state index >= 15 is 0 Å². The fourth-order valence-electron chi connectivity index (χ4n) is 1.72. The Balaban J connectivity index is 2.11. The van der Waals surface area contributed by atoms with Gasteiger partial charge in [-0.15, -0.1) is 10.2 Å². The molecule has 0 fully saturated rings. The molecule has 17 heavy (non-hydrogen) atoms. The second-order valence-corrected chi connectivity index (χ2v) is 4.21. The Morgan fingerprint density at radius 3 is 2.94 bits per heavy atom. The van der Waals surface area contributed by atoms with Crippen LogP contribution in [-0.4, -0.2) is 15.2 Å². The molecule has 3 rings (SSSR count). The Morgan fingerprint density at radius 2 is 2.18 bits per heavy atom. The summed E-state index contributed by atoms with van der Waals surface area (Å²) in [4.78, 5) is 3.22. The molecule has 0 atom stereocenters. The standard InChI is InChI=1S/C12H10ClN3O/c1-2-11-15-16-12(17-11)10-6-7-5-8(13)3-4-9(7)14-10/h3-6,14H,2H2,1H3.